The molecule has 2 aromatic rings. The van der Waals surface area contributed by atoms with Crippen molar-refractivity contribution in [2.24, 2.45) is 5.73 Å². The number of benzene rings is 1. The van der Waals surface area contributed by atoms with Crippen LogP contribution in [0.25, 0.3) is 0 Å². The summed E-state index contributed by atoms with van der Waals surface area (Å²) < 4.78 is 5.48. The average Bonchev–Trinajstić information content (AvgIpc) is 2.95. The average molecular weight is 362 g/mol. The van der Waals surface area contributed by atoms with Crippen LogP contribution in [0.2, 0.25) is 5.02 Å². The fraction of sp³-hybridized carbons (Fsp3) is 0.286. The molecule has 22 heavy (non-hydrogen) atoms. The van der Waals surface area contributed by atoms with Crippen molar-refractivity contribution in [3.05, 3.63) is 39.3 Å². The summed E-state index contributed by atoms with van der Waals surface area (Å²) in [6, 6.07) is 5.13. The van der Waals surface area contributed by atoms with Gasteiger partial charge >= 0.3 is 0 Å². The molecule has 0 atom stereocenters. The molecule has 2 rings (SSSR count). The Balaban J connectivity index is 0.00000242. The molecule has 0 aliphatic carbocycles. The standard InChI is InChI=1S/C14H16ClN3O2S.ClH/c1-2-5-20-12-4-3-9(6-10(12)15)17-14(19)11-8-21-13(7-16)18-11;/h3-4,6,8H,2,5,7,16H2,1H3,(H,17,19);1H. The number of carbonyl (C=O) groups is 1. The third-order valence-electron chi connectivity index (χ3n) is 2.61. The molecule has 3 N–H and O–H groups in total. The van der Waals surface area contributed by atoms with Gasteiger partial charge in [0.2, 0.25) is 0 Å². The molecular weight excluding hydrogens is 345 g/mol. The van der Waals surface area contributed by atoms with E-state index in [1.807, 2.05) is 6.92 Å². The second kappa shape index (κ2) is 8.95. The highest BCUT2D eigenvalue weighted by Crippen LogP contribution is 2.28. The lowest BCUT2D eigenvalue weighted by Gasteiger charge is -2.09. The van der Waals surface area contributed by atoms with Crippen LogP contribution >= 0.6 is 35.3 Å². The van der Waals surface area contributed by atoms with E-state index in [0.717, 1.165) is 11.4 Å². The van der Waals surface area contributed by atoms with Crippen molar-refractivity contribution in [1.82, 2.24) is 4.98 Å². The van der Waals surface area contributed by atoms with E-state index in [2.05, 4.69) is 10.3 Å². The fourth-order valence-corrected chi connectivity index (χ4v) is 2.50. The first-order chi connectivity index (χ1) is 10.1. The molecule has 1 aromatic heterocycles. The van der Waals surface area contributed by atoms with Gasteiger partial charge < -0.3 is 15.8 Å². The Labute approximate surface area is 144 Å². The number of thiazole rings is 1. The molecule has 0 fully saturated rings. The molecule has 8 heteroatoms. The van der Waals surface area contributed by atoms with Crippen LogP contribution < -0.4 is 15.8 Å². The first-order valence-electron chi connectivity index (χ1n) is 6.52. The first-order valence-corrected chi connectivity index (χ1v) is 7.78. The zero-order chi connectivity index (χ0) is 15.2. The maximum atomic E-state index is 12.0. The number of amides is 1. The van der Waals surface area contributed by atoms with Crippen LogP contribution in [0.4, 0.5) is 5.69 Å². The number of halogens is 2. The number of nitrogens with one attached hydrogen (secondary N) is 1. The highest BCUT2D eigenvalue weighted by molar-refractivity contribution is 7.09. The minimum absolute atomic E-state index is 0. The summed E-state index contributed by atoms with van der Waals surface area (Å²) in [5.41, 5.74) is 6.42. The van der Waals surface area contributed by atoms with Gasteiger partial charge in [-0.2, -0.15) is 0 Å². The maximum Gasteiger partial charge on any atom is 0.275 e. The highest BCUT2D eigenvalue weighted by atomic mass is 35.5. The minimum atomic E-state index is -0.288. The maximum absolute atomic E-state index is 12.0. The summed E-state index contributed by atoms with van der Waals surface area (Å²) >= 11 is 7.47. The van der Waals surface area contributed by atoms with Crippen molar-refractivity contribution in [3.8, 4) is 5.75 Å². The van der Waals surface area contributed by atoms with Crippen LogP contribution in [0.3, 0.4) is 0 Å². The summed E-state index contributed by atoms with van der Waals surface area (Å²) in [5.74, 6) is 0.319. The Morgan fingerprint density at radius 3 is 2.86 bits per heavy atom. The lowest BCUT2D eigenvalue weighted by Crippen LogP contribution is -2.12. The van der Waals surface area contributed by atoms with Gasteiger partial charge in [-0.3, -0.25) is 4.79 Å². The van der Waals surface area contributed by atoms with Crippen molar-refractivity contribution < 1.29 is 9.53 Å². The third kappa shape index (κ3) is 4.84. The van der Waals surface area contributed by atoms with Gasteiger partial charge in [0.05, 0.1) is 11.6 Å². The largest absolute Gasteiger partial charge is 0.492 e. The topological polar surface area (TPSA) is 77.2 Å². The zero-order valence-corrected chi connectivity index (χ0v) is 14.4. The molecule has 0 aliphatic heterocycles. The molecule has 0 radical (unpaired) electrons. The Morgan fingerprint density at radius 1 is 1.50 bits per heavy atom. The summed E-state index contributed by atoms with van der Waals surface area (Å²) in [4.78, 5) is 16.2. The number of rotatable bonds is 6. The van der Waals surface area contributed by atoms with E-state index in [1.165, 1.54) is 11.3 Å². The Bertz CT molecular complexity index is 634. The molecule has 0 saturated heterocycles. The van der Waals surface area contributed by atoms with E-state index in [1.54, 1.807) is 23.6 Å². The molecule has 0 saturated carbocycles. The van der Waals surface area contributed by atoms with E-state index >= 15 is 0 Å². The number of aromatic nitrogens is 1. The van der Waals surface area contributed by atoms with Crippen LogP contribution in [-0.2, 0) is 6.54 Å². The van der Waals surface area contributed by atoms with Crippen LogP contribution in [0.5, 0.6) is 5.75 Å². The Morgan fingerprint density at radius 2 is 2.27 bits per heavy atom. The number of carbonyl (C=O) groups excluding carboxylic acids is 1. The second-order valence-electron chi connectivity index (χ2n) is 4.28. The van der Waals surface area contributed by atoms with Gasteiger partial charge in [-0.1, -0.05) is 18.5 Å². The second-order valence-corrected chi connectivity index (χ2v) is 5.63. The summed E-state index contributed by atoms with van der Waals surface area (Å²) in [7, 11) is 0. The molecule has 1 aromatic carbocycles. The summed E-state index contributed by atoms with van der Waals surface area (Å²) in [5, 5.41) is 5.61. The van der Waals surface area contributed by atoms with Crippen LogP contribution in [0.15, 0.2) is 23.6 Å². The van der Waals surface area contributed by atoms with Crippen molar-refractivity contribution in [3.63, 3.8) is 0 Å². The molecule has 0 spiro atoms. The van der Waals surface area contributed by atoms with Crippen LogP contribution in [0, 0.1) is 0 Å². The number of nitrogens with two attached hydrogens (primary N) is 1. The molecule has 1 heterocycles. The lowest BCUT2D eigenvalue weighted by atomic mass is 10.3. The number of anilines is 1. The van der Waals surface area contributed by atoms with E-state index in [0.29, 0.717) is 35.3 Å². The number of hydrogen-bond donors (Lipinski definition) is 2. The lowest BCUT2D eigenvalue weighted by molar-refractivity contribution is 0.102. The molecule has 1 amide bonds. The first kappa shape index (κ1) is 18.7. The molecular formula is C14H17Cl2N3O2S. The Kier molecular flexibility index (Phi) is 7.61. The minimum Gasteiger partial charge on any atom is -0.492 e. The molecule has 5 nitrogen and oxygen atoms in total. The van der Waals surface area contributed by atoms with E-state index in [4.69, 9.17) is 22.1 Å². The predicted octanol–water partition coefficient (Wildman–Crippen LogP) is 3.72. The van der Waals surface area contributed by atoms with Crippen LogP contribution in [0.1, 0.15) is 28.8 Å². The van der Waals surface area contributed by atoms with Crippen molar-refractivity contribution in [2.75, 3.05) is 11.9 Å². The molecule has 120 valence electrons. The van der Waals surface area contributed by atoms with Gasteiger partial charge in [0.1, 0.15) is 16.5 Å². The normalized spacial score (nSPS) is 9.95. The third-order valence-corrected chi connectivity index (χ3v) is 3.78. The van der Waals surface area contributed by atoms with Gasteiger partial charge in [0, 0.05) is 17.6 Å². The summed E-state index contributed by atoms with van der Waals surface area (Å²) in [6.45, 7) is 2.95. The number of ether oxygens (including phenoxy) is 1. The van der Waals surface area contributed by atoms with E-state index in [-0.39, 0.29) is 18.3 Å². The molecule has 0 unspecified atom stereocenters. The quantitative estimate of drug-likeness (QED) is 0.821. The van der Waals surface area contributed by atoms with Gasteiger partial charge in [-0.15, -0.1) is 23.7 Å². The van der Waals surface area contributed by atoms with Gasteiger partial charge in [-0.05, 0) is 24.6 Å². The monoisotopic (exact) mass is 361 g/mol. The van der Waals surface area contributed by atoms with E-state index < -0.39 is 0 Å². The van der Waals surface area contributed by atoms with Crippen molar-refractivity contribution >= 4 is 46.9 Å². The smallest absolute Gasteiger partial charge is 0.275 e. The predicted molar refractivity (Wildman–Crippen MR) is 92.4 cm³/mol. The Hall–Kier alpha value is -1.34. The van der Waals surface area contributed by atoms with E-state index in [9.17, 15) is 4.79 Å². The number of nitrogens with zero attached hydrogens (tertiary/aromatic N) is 1. The van der Waals surface area contributed by atoms with Gasteiger partial charge in [0.25, 0.3) is 5.91 Å². The fourth-order valence-electron chi connectivity index (χ4n) is 1.61. The van der Waals surface area contributed by atoms with Crippen molar-refractivity contribution in [1.29, 1.82) is 0 Å². The molecule has 0 bridgehead atoms. The zero-order valence-electron chi connectivity index (χ0n) is 12.0. The number of hydrogen-bond acceptors (Lipinski definition) is 5. The summed E-state index contributed by atoms with van der Waals surface area (Å²) in [6.07, 6.45) is 0.905. The SMILES string of the molecule is CCCOc1ccc(NC(=O)c2csc(CN)n2)cc1Cl.Cl. The highest BCUT2D eigenvalue weighted by Gasteiger charge is 2.11. The molecule has 0 aliphatic rings. The van der Waals surface area contributed by atoms with Crippen LogP contribution in [-0.4, -0.2) is 17.5 Å². The van der Waals surface area contributed by atoms with Gasteiger partial charge in [0.15, 0.2) is 0 Å². The van der Waals surface area contributed by atoms with Gasteiger partial charge in [-0.25, -0.2) is 4.98 Å². The van der Waals surface area contributed by atoms with Crippen molar-refractivity contribution in [2.45, 2.75) is 19.9 Å².